The number of unbranched alkanes of at least 4 members (excludes halogenated alkanes) is 1. The molecule has 0 aromatic rings. The van der Waals surface area contributed by atoms with Gasteiger partial charge in [-0.15, -0.1) is 0 Å². The molecule has 34 heteroatoms. The van der Waals surface area contributed by atoms with Crippen LogP contribution in [0, 0.1) is 0 Å². The SMILES string of the molecule is CCCCC(O[C@@H]1[C@@H](O)[C@H]2O[C@H]3[C@H](O)[C@@H](O)[C@@H](O[C@H]4[C@H](O)[C@@H](O)[C@@H](O[C@H]5[C@H](O)[C@@H](O)[C@@H](O[C@H]6[C@H](O)[C@@H](O)[C@@H](O[C@H]7[C@H](O)[C@@H](O)[C@@H](O[C@H]1[C@@H](CO)O2)O[C@@H]7CO)O[C@@H]6CO)O[C@@H]5CO)O[C@@H]4CO)O[C@@H]3CO)S(=O)(=O)O. The van der Waals surface area contributed by atoms with Crippen molar-refractivity contribution in [1.82, 2.24) is 0 Å². The maximum absolute atomic E-state index is 12.7. The van der Waals surface area contributed by atoms with Crippen LogP contribution in [0.2, 0.25) is 0 Å². The van der Waals surface area contributed by atoms with Crippen molar-refractivity contribution in [2.75, 3.05) is 39.6 Å². The molecule has 75 heavy (non-hydrogen) atoms. The Hall–Kier alpha value is -1.29. The predicted molar refractivity (Wildman–Crippen MR) is 230 cm³/mol. The van der Waals surface area contributed by atoms with Crippen LogP contribution >= 0.6 is 0 Å². The van der Waals surface area contributed by atoms with Crippen molar-refractivity contribution >= 4 is 10.1 Å². The van der Waals surface area contributed by atoms with Crippen LogP contribution in [0.4, 0.5) is 0 Å². The Kier molecular flexibility index (Phi) is 21.3. The van der Waals surface area contributed by atoms with Crippen LogP contribution in [0.15, 0.2) is 0 Å². The average Bonchev–Trinajstić information content (AvgIpc) is 3.38. The minimum absolute atomic E-state index is 0.104. The van der Waals surface area contributed by atoms with Crippen molar-refractivity contribution in [2.24, 2.45) is 0 Å². The molecular formula is C41H70O33S. The molecule has 22 saturated heterocycles. The lowest BCUT2D eigenvalue weighted by atomic mass is 9.94. The van der Waals surface area contributed by atoms with Crippen molar-refractivity contribution in [3.8, 4) is 0 Å². The minimum atomic E-state index is -5.15. The van der Waals surface area contributed by atoms with E-state index in [4.69, 9.17) is 61.6 Å². The van der Waals surface area contributed by atoms with Gasteiger partial charge in [0, 0.05) is 0 Å². The average molecular weight is 1120 g/mol. The molecule has 22 heterocycles. The van der Waals surface area contributed by atoms with Crippen LogP contribution in [0.25, 0.3) is 0 Å². The molecule has 0 aromatic carbocycles. The molecule has 22 fully saturated rings. The summed E-state index contributed by atoms with van der Waals surface area (Å²) in [5.74, 6) is 0. The van der Waals surface area contributed by atoms with Gasteiger partial charge in [-0.1, -0.05) is 13.3 Å². The third-order valence-electron chi connectivity index (χ3n) is 14.1. The zero-order valence-electron chi connectivity index (χ0n) is 39.8. The maximum Gasteiger partial charge on any atom is 0.292 e. The fraction of sp³-hybridized carbons (Fsp3) is 1.00. The standard InChI is InChI=1S/C41H70O33S/c1-2-3-4-17(75(59,60)61)68-35-28(58)41-67-16(10-47)34(35)74-40-27(57)22(52)32(14(8-45)66-40)72-38-25(55)20(50)30(12(6-43)64-38)70-36-23(53)18(48)29(11(5-42)62-36)69-37-24(54)19(49)31(13(7-44)63-37)71-39-26(56)21(51)33(73-41)15(9-46)65-39/h11-58H,2-10H2,1H3,(H,59,60,61)/t11-,12-,13-,14-,15-,16-,17?,18-,19-,20-,21-,22-,23-,24-,25-,26-,27-,28-,29-,30-,31-,32-,33-,34+,35-,36-,37-,38-,39-,40-,41-/m1/s1. The summed E-state index contributed by atoms with van der Waals surface area (Å²) < 4.78 is 110. The summed E-state index contributed by atoms with van der Waals surface area (Å²) in [5, 5.41) is 188. The molecule has 33 nitrogen and oxygen atoms in total. The van der Waals surface area contributed by atoms with Gasteiger partial charge in [-0.2, -0.15) is 8.42 Å². The van der Waals surface area contributed by atoms with Crippen LogP contribution < -0.4 is 0 Å². The number of hydrogen-bond acceptors (Lipinski definition) is 32. The summed E-state index contributed by atoms with van der Waals surface area (Å²) in [6.07, 6.45) is -61.1. The van der Waals surface area contributed by atoms with Crippen molar-refractivity contribution in [2.45, 2.75) is 216 Å². The molecule has 22 aliphatic rings. The Balaban J connectivity index is 1.25. The number of rotatable bonds is 12. The van der Waals surface area contributed by atoms with Crippen LogP contribution in [-0.2, 0) is 71.7 Å². The van der Waals surface area contributed by atoms with Crippen LogP contribution in [0.1, 0.15) is 26.2 Å². The highest BCUT2D eigenvalue weighted by Crippen LogP contribution is 2.39. The fourth-order valence-electron chi connectivity index (χ4n) is 9.90. The van der Waals surface area contributed by atoms with E-state index in [1.807, 2.05) is 0 Å². The summed E-state index contributed by atoms with van der Waals surface area (Å²) in [6.45, 7) is -4.74. The third-order valence-corrected chi connectivity index (χ3v) is 15.1. The molecule has 31 atom stereocenters. The zero-order chi connectivity index (χ0) is 55.0. The second-order valence-corrected chi connectivity index (χ2v) is 20.6. The van der Waals surface area contributed by atoms with E-state index in [-0.39, 0.29) is 6.42 Å². The molecule has 18 N–H and O–H groups in total. The summed E-state index contributed by atoms with van der Waals surface area (Å²) in [7, 11) is -5.15. The Labute approximate surface area is 426 Å². The lowest BCUT2D eigenvalue weighted by Gasteiger charge is -2.51. The number of hydrogen-bond donors (Lipinski definition) is 18. The third kappa shape index (κ3) is 12.8. The van der Waals surface area contributed by atoms with E-state index in [0.717, 1.165) is 0 Å². The van der Waals surface area contributed by atoms with Crippen LogP contribution in [0.5, 0.6) is 0 Å². The quantitative estimate of drug-likeness (QED) is 0.0807. The summed E-state index contributed by atoms with van der Waals surface area (Å²) in [4.78, 5) is 0. The van der Waals surface area contributed by atoms with Gasteiger partial charge in [0.2, 0.25) is 0 Å². The predicted octanol–water partition coefficient (Wildman–Crippen LogP) is -11.6. The van der Waals surface area contributed by atoms with Crippen molar-refractivity contribution in [1.29, 1.82) is 0 Å². The van der Waals surface area contributed by atoms with Gasteiger partial charge in [0.05, 0.1) is 39.6 Å². The van der Waals surface area contributed by atoms with Gasteiger partial charge in [0.15, 0.2) is 43.2 Å². The summed E-state index contributed by atoms with van der Waals surface area (Å²) >= 11 is 0. The van der Waals surface area contributed by atoms with Gasteiger partial charge in [0.1, 0.15) is 146 Å². The fourth-order valence-corrected chi connectivity index (χ4v) is 10.6. The topological polar surface area (TPSA) is 518 Å². The van der Waals surface area contributed by atoms with E-state index in [9.17, 15) is 99.8 Å². The van der Waals surface area contributed by atoms with Crippen molar-refractivity contribution in [3.05, 3.63) is 0 Å². The van der Waals surface area contributed by atoms with Gasteiger partial charge in [-0.3, -0.25) is 4.55 Å². The van der Waals surface area contributed by atoms with Gasteiger partial charge in [-0.05, 0) is 12.8 Å². The molecule has 0 aromatic heterocycles. The minimum Gasteiger partial charge on any atom is -0.394 e. The van der Waals surface area contributed by atoms with E-state index in [1.54, 1.807) is 6.92 Å². The van der Waals surface area contributed by atoms with Crippen molar-refractivity contribution in [3.63, 3.8) is 0 Å². The molecule has 0 aliphatic carbocycles. The molecule has 0 spiro atoms. The Bertz CT molecular complexity index is 1870. The molecule has 0 amide bonds. The Morgan fingerprint density at radius 2 is 0.587 bits per heavy atom. The van der Waals surface area contributed by atoms with Crippen LogP contribution in [0.3, 0.4) is 0 Å². The molecule has 0 saturated carbocycles. The second-order valence-electron chi connectivity index (χ2n) is 19.0. The van der Waals surface area contributed by atoms with Crippen molar-refractivity contribution < 1.29 is 161 Å². The monoisotopic (exact) mass is 1120 g/mol. The first-order chi connectivity index (χ1) is 35.6. The highest BCUT2D eigenvalue weighted by atomic mass is 32.2. The van der Waals surface area contributed by atoms with Gasteiger partial charge in [-0.25, -0.2) is 0 Å². The highest BCUT2D eigenvalue weighted by Gasteiger charge is 2.59. The number of aliphatic hydroxyl groups is 17. The van der Waals surface area contributed by atoms with E-state index in [1.165, 1.54) is 0 Å². The highest BCUT2D eigenvalue weighted by molar-refractivity contribution is 7.86. The molecule has 438 valence electrons. The number of aliphatic hydroxyl groups excluding tert-OH is 17. The molecule has 22 rings (SSSR count). The van der Waals surface area contributed by atoms with E-state index >= 15 is 0 Å². The molecule has 12 bridgehead atoms. The van der Waals surface area contributed by atoms with E-state index < -0.39 is 246 Å². The molecular weight excluding hydrogens is 1050 g/mol. The smallest absolute Gasteiger partial charge is 0.292 e. The van der Waals surface area contributed by atoms with Crippen LogP contribution in [-0.4, -0.2) is 329 Å². The van der Waals surface area contributed by atoms with Gasteiger partial charge >= 0.3 is 0 Å². The van der Waals surface area contributed by atoms with E-state index in [2.05, 4.69) is 0 Å². The van der Waals surface area contributed by atoms with Gasteiger partial charge < -0.3 is 148 Å². The lowest BCUT2D eigenvalue weighted by molar-refractivity contribution is -0.405. The largest absolute Gasteiger partial charge is 0.394 e. The first-order valence-electron chi connectivity index (χ1n) is 24.2. The lowest BCUT2D eigenvalue weighted by Crippen LogP contribution is -2.69. The van der Waals surface area contributed by atoms with Gasteiger partial charge in [0.25, 0.3) is 10.1 Å². The Morgan fingerprint density at radius 3 is 0.813 bits per heavy atom. The first-order valence-corrected chi connectivity index (χ1v) is 25.7. The Morgan fingerprint density at radius 1 is 0.360 bits per heavy atom. The number of ether oxygens (including phenoxy) is 13. The second kappa shape index (κ2) is 26.1. The molecule has 1 unspecified atom stereocenters. The first kappa shape index (κ1) is 61.3. The zero-order valence-corrected chi connectivity index (χ0v) is 40.7. The molecule has 0 radical (unpaired) electrons. The summed E-state index contributed by atoms with van der Waals surface area (Å²) in [5.41, 5.74) is -2.15. The normalized spacial score (nSPS) is 50.8. The maximum atomic E-state index is 12.7. The molecule has 22 aliphatic heterocycles. The summed E-state index contributed by atoms with van der Waals surface area (Å²) in [6, 6.07) is 0. The van der Waals surface area contributed by atoms with E-state index in [0.29, 0.717) is 6.42 Å².